The van der Waals surface area contributed by atoms with E-state index in [1.54, 1.807) is 0 Å². The molecule has 2 aliphatic carbocycles. The molecule has 0 N–H and O–H groups in total. The van der Waals surface area contributed by atoms with Crippen molar-refractivity contribution in [1.82, 2.24) is 4.57 Å². The Morgan fingerprint density at radius 3 is 1.09 bits per heavy atom. The van der Waals surface area contributed by atoms with Gasteiger partial charge < -0.3 is 14.4 Å². The van der Waals surface area contributed by atoms with Gasteiger partial charge in [-0.2, -0.15) is 0 Å². The van der Waals surface area contributed by atoms with Crippen molar-refractivity contribution in [2.45, 2.75) is 129 Å². The van der Waals surface area contributed by atoms with Crippen LogP contribution in [0.25, 0.3) is 94.3 Å². The van der Waals surface area contributed by atoms with Crippen LogP contribution in [0.2, 0.25) is 0 Å². The van der Waals surface area contributed by atoms with Gasteiger partial charge in [-0.1, -0.05) is 282 Å². The lowest BCUT2D eigenvalue weighted by Crippen LogP contribution is -2.61. The van der Waals surface area contributed by atoms with Gasteiger partial charge in [0.05, 0.1) is 11.0 Å². The van der Waals surface area contributed by atoms with E-state index in [0.29, 0.717) is 0 Å². The molecular weight excluding hydrogens is 1230 g/mol. The second kappa shape index (κ2) is 23.4. The van der Waals surface area contributed by atoms with Gasteiger partial charge >= 0.3 is 0 Å². The van der Waals surface area contributed by atoms with E-state index < -0.39 is 0 Å². The first-order valence-corrected chi connectivity index (χ1v) is 37.1. The average Bonchev–Trinajstić information content (AvgIpc) is 0.786. The van der Waals surface area contributed by atoms with E-state index in [4.69, 9.17) is 0 Å². The Labute approximate surface area is 603 Å². The fourth-order valence-corrected chi connectivity index (χ4v) is 17.9. The van der Waals surface area contributed by atoms with Crippen LogP contribution in [0.5, 0.6) is 0 Å². The van der Waals surface area contributed by atoms with Crippen LogP contribution in [-0.4, -0.2) is 11.3 Å². The fraction of sp³-hybridized carbons (Fsp3) is 0.204. The van der Waals surface area contributed by atoms with E-state index >= 15 is 0 Å². The summed E-state index contributed by atoms with van der Waals surface area (Å²) in [7, 11) is 0. The molecule has 3 heterocycles. The molecule has 0 saturated heterocycles. The van der Waals surface area contributed by atoms with Gasteiger partial charge in [0, 0.05) is 50.6 Å². The summed E-state index contributed by atoms with van der Waals surface area (Å²) in [5.74, 6) is 0. The first-order valence-electron chi connectivity index (χ1n) is 37.1. The topological polar surface area (TPSA) is 11.4 Å². The van der Waals surface area contributed by atoms with Gasteiger partial charge in [0.25, 0.3) is 6.71 Å². The number of hydrogen-bond acceptors (Lipinski definition) is 2. The van der Waals surface area contributed by atoms with Crippen molar-refractivity contribution < 1.29 is 0 Å². The molecule has 0 spiro atoms. The molecule has 102 heavy (non-hydrogen) atoms. The smallest absolute Gasteiger partial charge is 0.252 e. The summed E-state index contributed by atoms with van der Waals surface area (Å²) in [4.78, 5) is 5.23. The molecule has 0 fully saturated rings. The number of aromatic nitrogens is 1. The molecule has 0 atom stereocenters. The highest BCUT2D eigenvalue weighted by Gasteiger charge is 2.45. The molecule has 1 aromatic heterocycles. The number of nitrogens with zero attached hydrogens (tertiary/aromatic N) is 3. The molecule has 0 amide bonds. The van der Waals surface area contributed by atoms with Crippen molar-refractivity contribution in [3.63, 3.8) is 0 Å². The highest BCUT2D eigenvalue weighted by atomic mass is 15.2. The molecule has 14 aromatic rings. The van der Waals surface area contributed by atoms with E-state index in [1.807, 2.05) is 0 Å². The Bertz CT molecular complexity index is 5570. The standard InChI is InChI=1S/C98H88BN3/c1-94(2,3)75-29-21-28-68(54-75)73-36-46-85-89(59-73)100(76-39-30-66(31-40-76)71-34-44-81-83(57-71)97(8,9)52-50-95(81,4)5)91-60-74(65-26-19-14-20-27-65)61-92-93(91)99(85)86-47-43-78(62-90(86)101(92)77-41-32-67(33-42-77)72-35-45-82-84(58-72)98(10,11)53-51-96(82,6)7)102-87-48-37-69(63-22-15-12-16-23-63)55-79(87)80-56-70(38-49-88(80)102)64-24-17-13-18-25-64/h12-49,54-62H,50-53H2,1-11H3. The van der Waals surface area contributed by atoms with Crippen molar-refractivity contribution in [3.05, 3.63) is 313 Å². The quantitative estimate of drug-likeness (QED) is 0.133. The third kappa shape index (κ3) is 10.5. The van der Waals surface area contributed by atoms with Crippen LogP contribution in [0.1, 0.15) is 130 Å². The largest absolute Gasteiger partial charge is 0.311 e. The van der Waals surface area contributed by atoms with Crippen LogP contribution < -0.4 is 26.2 Å². The third-order valence-corrected chi connectivity index (χ3v) is 24.1. The van der Waals surface area contributed by atoms with Gasteiger partial charge in [0.1, 0.15) is 0 Å². The maximum atomic E-state index is 2.62. The Morgan fingerprint density at radius 1 is 0.275 bits per heavy atom. The molecule has 0 radical (unpaired) electrons. The number of benzene rings is 13. The van der Waals surface area contributed by atoms with Crippen molar-refractivity contribution in [2.75, 3.05) is 9.80 Å². The van der Waals surface area contributed by atoms with Crippen molar-refractivity contribution >= 4 is 79.0 Å². The van der Waals surface area contributed by atoms with Crippen LogP contribution in [-0.2, 0) is 27.1 Å². The van der Waals surface area contributed by atoms with Crippen LogP contribution in [0.15, 0.2) is 285 Å². The number of anilines is 6. The maximum Gasteiger partial charge on any atom is 0.252 e. The second-order valence-electron chi connectivity index (χ2n) is 33.4. The van der Waals surface area contributed by atoms with E-state index in [-0.39, 0.29) is 33.8 Å². The molecule has 18 rings (SSSR count). The fourth-order valence-electron chi connectivity index (χ4n) is 17.9. The predicted molar refractivity (Wildman–Crippen MR) is 437 cm³/mol. The van der Waals surface area contributed by atoms with Gasteiger partial charge in [-0.15, -0.1) is 0 Å². The average molecular weight is 1320 g/mol. The monoisotopic (exact) mass is 1320 g/mol. The Kier molecular flexibility index (Phi) is 14.6. The van der Waals surface area contributed by atoms with E-state index in [0.717, 1.165) is 28.3 Å². The molecule has 498 valence electrons. The lowest BCUT2D eigenvalue weighted by atomic mass is 9.33. The first kappa shape index (κ1) is 63.5. The summed E-state index contributed by atoms with van der Waals surface area (Å²) in [5, 5.41) is 2.44. The SMILES string of the molecule is CC(C)(C)c1cccc(-c2ccc3c(c2)N(c2ccc(-c4ccc5c(c4)C(C)(C)CCC5(C)C)cc2)c2cc(-c4ccccc4)cc4c2B3c2ccc(-n3c5ccc(-c6ccccc6)cc5c5cc(-c6ccccc6)ccc53)cc2N4c2ccc(-c3ccc4c(c3)C(C)(C)CCC4(C)C)cc2)c1. The Balaban J connectivity index is 0.882. The molecule has 3 nitrogen and oxygen atoms in total. The molecule has 2 aliphatic heterocycles. The van der Waals surface area contributed by atoms with Crippen LogP contribution in [0.3, 0.4) is 0 Å². The summed E-state index contributed by atoms with van der Waals surface area (Å²) in [5.41, 5.74) is 36.4. The second-order valence-corrected chi connectivity index (χ2v) is 33.4. The van der Waals surface area contributed by atoms with Gasteiger partial charge in [0.15, 0.2) is 0 Å². The molecule has 0 saturated carbocycles. The summed E-state index contributed by atoms with van der Waals surface area (Å²) in [6.07, 6.45) is 4.72. The Morgan fingerprint density at radius 2 is 0.618 bits per heavy atom. The first-order chi connectivity index (χ1) is 49.1. The van der Waals surface area contributed by atoms with Crippen LogP contribution in [0.4, 0.5) is 34.1 Å². The number of fused-ring (bicyclic) bond motifs is 9. The zero-order valence-corrected chi connectivity index (χ0v) is 60.9. The summed E-state index contributed by atoms with van der Waals surface area (Å²) in [6.45, 7) is 26.3. The molecular formula is C98H88BN3. The maximum absolute atomic E-state index is 2.62. The molecule has 0 bridgehead atoms. The zero-order valence-electron chi connectivity index (χ0n) is 60.9. The summed E-state index contributed by atoms with van der Waals surface area (Å²) in [6, 6.07) is 110. The highest BCUT2D eigenvalue weighted by Crippen LogP contribution is 2.52. The molecule has 13 aromatic carbocycles. The lowest BCUT2D eigenvalue weighted by molar-refractivity contribution is 0.332. The molecule has 4 aliphatic rings. The summed E-state index contributed by atoms with van der Waals surface area (Å²) < 4.78 is 2.53. The van der Waals surface area contributed by atoms with Crippen molar-refractivity contribution in [1.29, 1.82) is 0 Å². The lowest BCUT2D eigenvalue weighted by Gasteiger charge is -2.44. The van der Waals surface area contributed by atoms with Crippen LogP contribution in [0, 0.1) is 0 Å². The number of rotatable bonds is 9. The highest BCUT2D eigenvalue weighted by molar-refractivity contribution is 7.00. The van der Waals surface area contributed by atoms with Crippen molar-refractivity contribution in [3.8, 4) is 72.4 Å². The minimum Gasteiger partial charge on any atom is -0.311 e. The minimum absolute atomic E-state index is 0.0207. The van der Waals surface area contributed by atoms with Gasteiger partial charge in [0.2, 0.25) is 0 Å². The predicted octanol–water partition coefficient (Wildman–Crippen LogP) is 24.9. The molecule has 4 heteroatoms. The number of hydrogen-bond donors (Lipinski definition) is 0. The minimum atomic E-state index is -0.133. The zero-order chi connectivity index (χ0) is 69.8. The van der Waals surface area contributed by atoms with Gasteiger partial charge in [-0.3, -0.25) is 0 Å². The van der Waals surface area contributed by atoms with E-state index in [9.17, 15) is 0 Å². The summed E-state index contributed by atoms with van der Waals surface area (Å²) >= 11 is 0. The third-order valence-electron chi connectivity index (χ3n) is 24.1. The van der Waals surface area contributed by atoms with Gasteiger partial charge in [-0.05, 0) is 243 Å². The van der Waals surface area contributed by atoms with E-state index in [2.05, 4.69) is 376 Å². The van der Waals surface area contributed by atoms with Crippen molar-refractivity contribution in [2.24, 2.45) is 0 Å². The molecule has 0 unspecified atom stereocenters. The van der Waals surface area contributed by atoms with E-state index in [1.165, 1.54) is 170 Å². The Hall–Kier alpha value is -10.7. The normalized spacial score (nSPS) is 15.9. The van der Waals surface area contributed by atoms with Gasteiger partial charge in [-0.25, -0.2) is 0 Å². The van der Waals surface area contributed by atoms with Crippen LogP contribution >= 0.6 is 0 Å².